The van der Waals surface area contributed by atoms with Gasteiger partial charge in [-0.05, 0) is 47.7 Å². The van der Waals surface area contributed by atoms with E-state index in [0.29, 0.717) is 0 Å². The molecule has 1 atom stereocenters. The van der Waals surface area contributed by atoms with Crippen LogP contribution in [0.2, 0.25) is 0 Å². The number of carbonyl (C=O) groups excluding carboxylic acids is 1. The van der Waals surface area contributed by atoms with E-state index in [1.54, 1.807) is 0 Å². The molecule has 0 aromatic heterocycles. The Hall–Kier alpha value is -0.770. The monoisotopic (exact) mass is 227 g/mol. The molecule has 1 rings (SSSR count). The van der Waals surface area contributed by atoms with E-state index in [1.165, 1.54) is 0 Å². The van der Waals surface area contributed by atoms with E-state index in [9.17, 15) is 4.79 Å². The average Bonchev–Trinajstić information content (AvgIpc) is 2.23. The lowest BCUT2D eigenvalue weighted by atomic mass is 10.1. The highest BCUT2D eigenvalue weighted by molar-refractivity contribution is 5.75. The standard InChI is InChI=1S/C12H25N3O/c1-10-9-14(5)7-6-8-15(10)11(16)13-12(2,3)4/h10H,6-9H2,1-5H3,(H,13,16). The lowest BCUT2D eigenvalue weighted by Crippen LogP contribution is -2.52. The lowest BCUT2D eigenvalue weighted by molar-refractivity contribution is 0.169. The van der Waals surface area contributed by atoms with Gasteiger partial charge in [-0.15, -0.1) is 0 Å². The summed E-state index contributed by atoms with van der Waals surface area (Å²) in [6.45, 7) is 11.0. The first-order valence-electron chi connectivity index (χ1n) is 6.07. The predicted octanol–water partition coefficient (Wildman–Crippen LogP) is 1.52. The van der Waals surface area contributed by atoms with Crippen molar-refractivity contribution in [3.8, 4) is 0 Å². The van der Waals surface area contributed by atoms with Gasteiger partial charge < -0.3 is 15.1 Å². The van der Waals surface area contributed by atoms with Crippen molar-refractivity contribution in [2.75, 3.05) is 26.7 Å². The van der Waals surface area contributed by atoms with Gasteiger partial charge in [-0.25, -0.2) is 4.79 Å². The molecule has 16 heavy (non-hydrogen) atoms. The van der Waals surface area contributed by atoms with Gasteiger partial charge in [-0.3, -0.25) is 0 Å². The van der Waals surface area contributed by atoms with Crippen LogP contribution in [0, 0.1) is 0 Å². The van der Waals surface area contributed by atoms with Crippen molar-refractivity contribution < 1.29 is 4.79 Å². The van der Waals surface area contributed by atoms with Crippen LogP contribution in [0.1, 0.15) is 34.1 Å². The molecule has 1 saturated heterocycles. The third-order valence-electron chi connectivity index (χ3n) is 2.79. The van der Waals surface area contributed by atoms with Gasteiger partial charge in [-0.2, -0.15) is 0 Å². The summed E-state index contributed by atoms with van der Waals surface area (Å²) < 4.78 is 0. The van der Waals surface area contributed by atoms with E-state index in [-0.39, 0.29) is 17.6 Å². The van der Waals surface area contributed by atoms with Crippen LogP contribution >= 0.6 is 0 Å². The Kier molecular flexibility index (Phi) is 4.19. The van der Waals surface area contributed by atoms with Crippen molar-refractivity contribution >= 4 is 6.03 Å². The number of nitrogens with one attached hydrogen (secondary N) is 1. The molecule has 0 saturated carbocycles. The summed E-state index contributed by atoms with van der Waals surface area (Å²) in [4.78, 5) is 16.3. The van der Waals surface area contributed by atoms with Gasteiger partial charge >= 0.3 is 6.03 Å². The number of rotatable bonds is 0. The molecule has 0 aliphatic carbocycles. The molecule has 1 aliphatic heterocycles. The molecule has 1 aliphatic rings. The van der Waals surface area contributed by atoms with Gasteiger partial charge in [0.2, 0.25) is 0 Å². The zero-order valence-electron chi connectivity index (χ0n) is 11.2. The summed E-state index contributed by atoms with van der Waals surface area (Å²) in [7, 11) is 2.11. The molecular formula is C12H25N3O. The number of likely N-dealkylation sites (N-methyl/N-ethyl adjacent to an activating group) is 1. The number of amides is 2. The SMILES string of the molecule is CC1CN(C)CCCN1C(=O)NC(C)(C)C. The number of nitrogens with zero attached hydrogens (tertiary/aromatic N) is 2. The van der Waals surface area contributed by atoms with Crippen molar-refractivity contribution in [3.05, 3.63) is 0 Å². The number of hydrogen-bond acceptors (Lipinski definition) is 2. The van der Waals surface area contributed by atoms with Crippen molar-refractivity contribution in [1.82, 2.24) is 15.1 Å². The number of hydrogen-bond donors (Lipinski definition) is 1. The molecule has 94 valence electrons. The van der Waals surface area contributed by atoms with E-state index >= 15 is 0 Å². The van der Waals surface area contributed by atoms with Crippen LogP contribution in [0.25, 0.3) is 0 Å². The highest BCUT2D eigenvalue weighted by Gasteiger charge is 2.26. The summed E-state index contributed by atoms with van der Waals surface area (Å²) in [6, 6.07) is 0.352. The predicted molar refractivity (Wildman–Crippen MR) is 66.6 cm³/mol. The molecule has 1 N–H and O–H groups in total. The fourth-order valence-corrected chi connectivity index (χ4v) is 2.07. The molecule has 1 unspecified atom stereocenters. The molecular weight excluding hydrogens is 202 g/mol. The normalized spacial score (nSPS) is 24.1. The van der Waals surface area contributed by atoms with Crippen molar-refractivity contribution in [2.45, 2.75) is 45.7 Å². The molecule has 4 heteroatoms. The third-order valence-corrected chi connectivity index (χ3v) is 2.79. The van der Waals surface area contributed by atoms with Gasteiger partial charge in [-0.1, -0.05) is 0 Å². The summed E-state index contributed by atoms with van der Waals surface area (Å²) in [5.74, 6) is 0. The van der Waals surface area contributed by atoms with Crippen LogP contribution in [-0.4, -0.2) is 54.1 Å². The van der Waals surface area contributed by atoms with Crippen molar-refractivity contribution in [1.29, 1.82) is 0 Å². The smallest absolute Gasteiger partial charge is 0.318 e. The highest BCUT2D eigenvalue weighted by Crippen LogP contribution is 2.10. The Morgan fingerprint density at radius 3 is 2.50 bits per heavy atom. The van der Waals surface area contributed by atoms with Gasteiger partial charge in [0.05, 0.1) is 0 Å². The van der Waals surface area contributed by atoms with E-state index in [4.69, 9.17) is 0 Å². The Labute approximate surface area is 99.0 Å². The zero-order chi connectivity index (χ0) is 12.3. The minimum absolute atomic E-state index is 0.0651. The van der Waals surface area contributed by atoms with Crippen LogP contribution in [0.15, 0.2) is 0 Å². The summed E-state index contributed by atoms with van der Waals surface area (Å²) >= 11 is 0. The molecule has 1 heterocycles. The van der Waals surface area contributed by atoms with E-state index < -0.39 is 0 Å². The fourth-order valence-electron chi connectivity index (χ4n) is 2.07. The molecule has 0 radical (unpaired) electrons. The second-order valence-electron chi connectivity index (χ2n) is 5.84. The van der Waals surface area contributed by atoms with Gasteiger partial charge in [0, 0.05) is 24.7 Å². The molecule has 0 spiro atoms. The van der Waals surface area contributed by atoms with E-state index in [2.05, 4.69) is 24.2 Å². The molecule has 4 nitrogen and oxygen atoms in total. The number of carbonyl (C=O) groups is 1. The maximum absolute atomic E-state index is 12.1. The second-order valence-corrected chi connectivity index (χ2v) is 5.84. The van der Waals surface area contributed by atoms with Crippen LogP contribution in [0.3, 0.4) is 0 Å². The largest absolute Gasteiger partial charge is 0.333 e. The number of urea groups is 1. The van der Waals surface area contributed by atoms with Crippen LogP contribution < -0.4 is 5.32 Å². The highest BCUT2D eigenvalue weighted by atomic mass is 16.2. The Morgan fingerprint density at radius 1 is 1.31 bits per heavy atom. The molecule has 0 aromatic rings. The van der Waals surface area contributed by atoms with Gasteiger partial charge in [0.1, 0.15) is 0 Å². The molecule has 1 fully saturated rings. The molecule has 2 amide bonds. The first-order valence-corrected chi connectivity index (χ1v) is 6.07. The van der Waals surface area contributed by atoms with Crippen molar-refractivity contribution in [3.63, 3.8) is 0 Å². The Bertz CT molecular complexity index is 247. The summed E-state index contributed by atoms with van der Waals surface area (Å²) in [5, 5.41) is 3.03. The average molecular weight is 227 g/mol. The lowest BCUT2D eigenvalue weighted by Gasteiger charge is -2.31. The minimum atomic E-state index is -0.158. The van der Waals surface area contributed by atoms with E-state index in [0.717, 1.165) is 26.1 Å². The van der Waals surface area contributed by atoms with Gasteiger partial charge in [0.25, 0.3) is 0 Å². The van der Waals surface area contributed by atoms with Gasteiger partial charge in [0.15, 0.2) is 0 Å². The topological polar surface area (TPSA) is 35.6 Å². The fraction of sp³-hybridized carbons (Fsp3) is 0.917. The van der Waals surface area contributed by atoms with E-state index in [1.807, 2.05) is 25.7 Å². The second kappa shape index (κ2) is 5.04. The minimum Gasteiger partial charge on any atom is -0.333 e. The quantitative estimate of drug-likeness (QED) is 0.681. The maximum Gasteiger partial charge on any atom is 0.318 e. The van der Waals surface area contributed by atoms with Crippen LogP contribution in [-0.2, 0) is 0 Å². The van der Waals surface area contributed by atoms with Crippen LogP contribution in [0.5, 0.6) is 0 Å². The maximum atomic E-state index is 12.1. The molecule has 0 aromatic carbocycles. The van der Waals surface area contributed by atoms with Crippen LogP contribution in [0.4, 0.5) is 4.79 Å². The third kappa shape index (κ3) is 4.00. The Balaban J connectivity index is 2.60. The Morgan fingerprint density at radius 2 is 1.94 bits per heavy atom. The first-order chi connectivity index (χ1) is 7.29. The summed E-state index contributed by atoms with van der Waals surface area (Å²) in [6.07, 6.45) is 1.05. The first kappa shape index (κ1) is 13.3. The molecule has 0 bridgehead atoms. The summed E-state index contributed by atoms with van der Waals surface area (Å²) in [5.41, 5.74) is -0.158. The van der Waals surface area contributed by atoms with Crippen molar-refractivity contribution in [2.24, 2.45) is 0 Å². The zero-order valence-corrected chi connectivity index (χ0v) is 11.2.